The summed E-state index contributed by atoms with van der Waals surface area (Å²) in [6.07, 6.45) is 0.539. The van der Waals surface area contributed by atoms with Crippen molar-refractivity contribution in [2.24, 2.45) is 5.92 Å². The summed E-state index contributed by atoms with van der Waals surface area (Å²) >= 11 is 6.98. The summed E-state index contributed by atoms with van der Waals surface area (Å²) in [5.74, 6) is 0.328. The van der Waals surface area contributed by atoms with Gasteiger partial charge in [-0.15, -0.1) is 0 Å². The molecule has 0 aliphatic rings. The minimum atomic E-state index is -0.106. The molecular formula is C19H17ClN4OS. The number of benzene rings is 1. The van der Waals surface area contributed by atoms with E-state index < -0.39 is 0 Å². The van der Waals surface area contributed by atoms with Crippen LogP contribution >= 0.6 is 23.4 Å². The number of hydrogen-bond donors (Lipinski definition) is 1. The Morgan fingerprint density at radius 3 is 2.38 bits per heavy atom. The van der Waals surface area contributed by atoms with Gasteiger partial charge in [0.05, 0.1) is 16.9 Å². The van der Waals surface area contributed by atoms with E-state index in [1.807, 2.05) is 19.9 Å². The van der Waals surface area contributed by atoms with Gasteiger partial charge < -0.3 is 5.73 Å². The van der Waals surface area contributed by atoms with Crippen LogP contribution in [0, 0.1) is 28.6 Å². The normalized spacial score (nSPS) is 10.4. The molecule has 1 aromatic heterocycles. The van der Waals surface area contributed by atoms with Crippen molar-refractivity contribution in [1.29, 1.82) is 10.5 Å². The van der Waals surface area contributed by atoms with Crippen LogP contribution in [-0.4, -0.2) is 16.5 Å². The lowest BCUT2D eigenvalue weighted by atomic mass is 9.95. The SMILES string of the molecule is CC(C)Cc1c(C#N)c(N)nc(SCC(=O)c2ccc(Cl)cc2)c1C#N. The van der Waals surface area contributed by atoms with Crippen molar-refractivity contribution >= 4 is 35.0 Å². The molecule has 2 N–H and O–H groups in total. The first kappa shape index (κ1) is 19.8. The molecule has 2 rings (SSSR count). The van der Waals surface area contributed by atoms with Crippen LogP contribution in [0.1, 0.15) is 40.9 Å². The zero-order chi connectivity index (χ0) is 19.3. The largest absolute Gasteiger partial charge is 0.383 e. The van der Waals surface area contributed by atoms with Crippen molar-refractivity contribution < 1.29 is 4.79 Å². The van der Waals surface area contributed by atoms with E-state index >= 15 is 0 Å². The topological polar surface area (TPSA) is 104 Å². The highest BCUT2D eigenvalue weighted by molar-refractivity contribution is 8.00. The monoisotopic (exact) mass is 384 g/mol. The van der Waals surface area contributed by atoms with E-state index in [0.717, 1.165) is 11.8 Å². The zero-order valence-electron chi connectivity index (χ0n) is 14.4. The van der Waals surface area contributed by atoms with Crippen LogP contribution in [0.2, 0.25) is 5.02 Å². The molecule has 0 radical (unpaired) electrons. The molecule has 132 valence electrons. The highest BCUT2D eigenvalue weighted by Gasteiger charge is 2.20. The molecule has 0 saturated carbocycles. The number of anilines is 1. The molecule has 0 saturated heterocycles. The van der Waals surface area contributed by atoms with Crippen LogP contribution in [0.25, 0.3) is 0 Å². The van der Waals surface area contributed by atoms with Crippen LogP contribution in [0.5, 0.6) is 0 Å². The minimum absolute atomic E-state index is 0.0867. The number of ketones is 1. The van der Waals surface area contributed by atoms with Crippen molar-refractivity contribution in [2.45, 2.75) is 25.3 Å². The molecule has 0 bridgehead atoms. The Balaban J connectivity index is 2.33. The predicted molar refractivity (Wildman–Crippen MR) is 103 cm³/mol. The quantitative estimate of drug-likeness (QED) is 0.590. The average Bonchev–Trinajstić information content (AvgIpc) is 2.60. The van der Waals surface area contributed by atoms with Crippen molar-refractivity contribution in [3.8, 4) is 12.1 Å². The number of nitrogens with zero attached hydrogens (tertiary/aromatic N) is 3. The van der Waals surface area contributed by atoms with Crippen LogP contribution in [0.3, 0.4) is 0 Å². The molecule has 0 unspecified atom stereocenters. The number of halogens is 1. The molecule has 0 amide bonds. The first-order valence-corrected chi connectivity index (χ1v) is 9.27. The number of nitrogens with two attached hydrogens (primary N) is 1. The average molecular weight is 385 g/mol. The standard InChI is InChI=1S/C19H17ClN4OS/c1-11(2)7-14-15(8-21)18(23)24-19(16(14)9-22)26-10-17(25)12-3-5-13(20)6-4-12/h3-6,11H,7,10H2,1-2H3,(H2,23,24). The summed E-state index contributed by atoms with van der Waals surface area (Å²) in [6.45, 7) is 3.99. The lowest BCUT2D eigenvalue weighted by Crippen LogP contribution is -2.09. The van der Waals surface area contributed by atoms with E-state index in [1.54, 1.807) is 24.3 Å². The third kappa shape index (κ3) is 4.54. The molecule has 1 heterocycles. The smallest absolute Gasteiger partial charge is 0.173 e. The molecule has 0 aliphatic carbocycles. The van der Waals surface area contributed by atoms with Gasteiger partial charge in [-0.05, 0) is 42.2 Å². The van der Waals surface area contributed by atoms with E-state index in [9.17, 15) is 15.3 Å². The van der Waals surface area contributed by atoms with Gasteiger partial charge in [0.1, 0.15) is 23.0 Å². The number of nitriles is 2. The number of Topliss-reactive ketones (excluding diaryl/α,β-unsaturated/α-hetero) is 1. The van der Waals surface area contributed by atoms with E-state index in [4.69, 9.17) is 17.3 Å². The molecule has 7 heteroatoms. The highest BCUT2D eigenvalue weighted by atomic mass is 35.5. The lowest BCUT2D eigenvalue weighted by Gasteiger charge is -2.14. The maximum absolute atomic E-state index is 12.3. The number of carbonyl (C=O) groups is 1. The fourth-order valence-corrected chi connectivity index (χ4v) is 3.48. The second kappa shape index (κ2) is 8.71. The Hall–Kier alpha value is -2.54. The molecule has 1 aromatic carbocycles. The van der Waals surface area contributed by atoms with Gasteiger partial charge in [0, 0.05) is 10.6 Å². The summed E-state index contributed by atoms with van der Waals surface area (Å²) in [5, 5.41) is 19.9. The number of hydrogen-bond acceptors (Lipinski definition) is 6. The first-order valence-electron chi connectivity index (χ1n) is 7.91. The van der Waals surface area contributed by atoms with E-state index in [0.29, 0.717) is 33.2 Å². The van der Waals surface area contributed by atoms with Gasteiger partial charge in [-0.3, -0.25) is 4.79 Å². The zero-order valence-corrected chi connectivity index (χ0v) is 16.0. The first-order chi connectivity index (χ1) is 12.4. The number of pyridine rings is 1. The molecule has 0 aliphatic heterocycles. The third-order valence-corrected chi connectivity index (χ3v) is 4.87. The molecule has 26 heavy (non-hydrogen) atoms. The van der Waals surface area contributed by atoms with Crippen molar-refractivity contribution in [3.05, 3.63) is 51.5 Å². The number of nitrogen functional groups attached to an aromatic ring is 1. The summed E-state index contributed by atoms with van der Waals surface area (Å²) in [4.78, 5) is 16.5. The predicted octanol–water partition coefficient (Wildman–Crippen LogP) is 4.23. The molecule has 2 aromatic rings. The second-order valence-electron chi connectivity index (χ2n) is 6.07. The molecule has 0 spiro atoms. The summed E-state index contributed by atoms with van der Waals surface area (Å²) in [6, 6.07) is 10.8. The molecular weight excluding hydrogens is 368 g/mol. The van der Waals surface area contributed by atoms with Crippen molar-refractivity contribution in [1.82, 2.24) is 4.98 Å². The summed E-state index contributed by atoms with van der Waals surface area (Å²) in [7, 11) is 0. The fraction of sp³-hybridized carbons (Fsp3) is 0.263. The summed E-state index contributed by atoms with van der Waals surface area (Å²) in [5.41, 5.74) is 7.60. The van der Waals surface area contributed by atoms with E-state index in [1.165, 1.54) is 0 Å². The highest BCUT2D eigenvalue weighted by Crippen LogP contribution is 2.30. The Kier molecular flexibility index (Phi) is 6.63. The maximum Gasteiger partial charge on any atom is 0.173 e. The Morgan fingerprint density at radius 2 is 1.85 bits per heavy atom. The third-order valence-electron chi connectivity index (χ3n) is 3.64. The number of aromatic nitrogens is 1. The molecule has 0 atom stereocenters. The van der Waals surface area contributed by atoms with Gasteiger partial charge in [-0.25, -0.2) is 4.98 Å². The van der Waals surface area contributed by atoms with E-state index in [2.05, 4.69) is 11.1 Å². The van der Waals surface area contributed by atoms with Crippen LogP contribution in [0.15, 0.2) is 29.3 Å². The van der Waals surface area contributed by atoms with Crippen molar-refractivity contribution in [3.63, 3.8) is 0 Å². The van der Waals surface area contributed by atoms with Crippen LogP contribution < -0.4 is 5.73 Å². The summed E-state index contributed by atoms with van der Waals surface area (Å²) < 4.78 is 0. The van der Waals surface area contributed by atoms with Crippen molar-refractivity contribution in [2.75, 3.05) is 11.5 Å². The fourth-order valence-electron chi connectivity index (χ4n) is 2.44. The van der Waals surface area contributed by atoms with Crippen LogP contribution in [0.4, 0.5) is 5.82 Å². The maximum atomic E-state index is 12.3. The van der Waals surface area contributed by atoms with Crippen LogP contribution in [-0.2, 0) is 6.42 Å². The van der Waals surface area contributed by atoms with Gasteiger partial charge in [0.15, 0.2) is 5.78 Å². The van der Waals surface area contributed by atoms with Gasteiger partial charge in [0.25, 0.3) is 0 Å². The second-order valence-corrected chi connectivity index (χ2v) is 7.47. The van der Waals surface area contributed by atoms with Gasteiger partial charge >= 0.3 is 0 Å². The Bertz CT molecular complexity index is 911. The minimum Gasteiger partial charge on any atom is -0.383 e. The van der Waals surface area contributed by atoms with Gasteiger partial charge in [-0.2, -0.15) is 10.5 Å². The Morgan fingerprint density at radius 1 is 1.23 bits per heavy atom. The van der Waals surface area contributed by atoms with Gasteiger partial charge in [0.2, 0.25) is 0 Å². The number of thioether (sulfide) groups is 1. The van der Waals surface area contributed by atoms with Gasteiger partial charge in [-0.1, -0.05) is 37.2 Å². The number of carbonyl (C=O) groups excluding carboxylic acids is 1. The molecule has 0 fully saturated rings. The lowest BCUT2D eigenvalue weighted by molar-refractivity contribution is 0.102. The molecule has 5 nitrogen and oxygen atoms in total. The van der Waals surface area contributed by atoms with E-state index in [-0.39, 0.29) is 28.8 Å². The number of rotatable bonds is 6. The Labute approximate surface area is 161 Å².